The highest BCUT2D eigenvalue weighted by atomic mass is 16.5. The van der Waals surface area contributed by atoms with Crippen molar-refractivity contribution in [2.75, 3.05) is 31.1 Å². The zero-order valence-corrected chi connectivity index (χ0v) is 19.9. The number of hydrogen-bond donors (Lipinski definition) is 1. The largest absolute Gasteiger partial charge is 0.482 e. The Kier molecular flexibility index (Phi) is 7.14. The van der Waals surface area contributed by atoms with Crippen molar-refractivity contribution >= 4 is 17.5 Å². The summed E-state index contributed by atoms with van der Waals surface area (Å²) in [5.41, 5.74) is 2.46. The topological polar surface area (TPSA) is 61.9 Å². The molecule has 1 unspecified atom stereocenters. The summed E-state index contributed by atoms with van der Waals surface area (Å²) in [7, 11) is 0. The van der Waals surface area contributed by atoms with E-state index < -0.39 is 0 Å². The molecule has 0 spiro atoms. The monoisotopic (exact) mass is 461 g/mol. The van der Waals surface area contributed by atoms with E-state index >= 15 is 0 Å². The van der Waals surface area contributed by atoms with Crippen LogP contribution in [0.3, 0.4) is 0 Å². The summed E-state index contributed by atoms with van der Waals surface area (Å²) >= 11 is 0. The molecule has 1 saturated carbocycles. The van der Waals surface area contributed by atoms with Gasteiger partial charge in [0.05, 0.1) is 12.2 Å². The number of anilines is 1. The van der Waals surface area contributed by atoms with Gasteiger partial charge in [-0.3, -0.25) is 9.59 Å². The maximum absolute atomic E-state index is 13.1. The van der Waals surface area contributed by atoms with Crippen LogP contribution in [0.4, 0.5) is 5.69 Å². The highest BCUT2D eigenvalue weighted by Gasteiger charge is 2.29. The van der Waals surface area contributed by atoms with Gasteiger partial charge < -0.3 is 19.9 Å². The van der Waals surface area contributed by atoms with Crippen LogP contribution in [0.5, 0.6) is 5.75 Å². The Balaban J connectivity index is 1.21. The van der Waals surface area contributed by atoms with Crippen LogP contribution in [0.1, 0.15) is 60.9 Å². The fraction of sp³-hybridized carbons (Fsp3) is 0.500. The Bertz CT molecular complexity index is 1000. The lowest BCUT2D eigenvalue weighted by Crippen LogP contribution is -2.47. The van der Waals surface area contributed by atoms with E-state index in [4.69, 9.17) is 4.74 Å². The van der Waals surface area contributed by atoms with Gasteiger partial charge in [-0.15, -0.1) is 0 Å². The summed E-state index contributed by atoms with van der Waals surface area (Å²) in [6.07, 6.45) is 8.69. The van der Waals surface area contributed by atoms with Crippen LogP contribution in [-0.4, -0.2) is 49.0 Å². The van der Waals surface area contributed by atoms with E-state index in [1.165, 1.54) is 51.6 Å². The first kappa shape index (κ1) is 22.9. The molecule has 1 N–H and O–H groups in total. The molecule has 0 bridgehead atoms. The molecule has 2 aromatic rings. The van der Waals surface area contributed by atoms with Crippen molar-refractivity contribution < 1.29 is 14.3 Å². The first-order valence-electron chi connectivity index (χ1n) is 12.8. The number of para-hydroxylation sites is 2. The zero-order chi connectivity index (χ0) is 23.3. The van der Waals surface area contributed by atoms with Gasteiger partial charge in [0.1, 0.15) is 5.75 Å². The molecule has 2 aliphatic heterocycles. The number of carbonyl (C=O) groups is 2. The zero-order valence-electron chi connectivity index (χ0n) is 19.9. The van der Waals surface area contributed by atoms with Gasteiger partial charge in [0.2, 0.25) is 0 Å². The van der Waals surface area contributed by atoms with Gasteiger partial charge in [0, 0.05) is 18.2 Å². The van der Waals surface area contributed by atoms with E-state index in [1.54, 1.807) is 4.90 Å². The molecule has 2 aromatic carbocycles. The minimum absolute atomic E-state index is 0.00916. The second kappa shape index (κ2) is 10.6. The van der Waals surface area contributed by atoms with Crippen LogP contribution in [0.25, 0.3) is 0 Å². The van der Waals surface area contributed by atoms with Crippen LogP contribution >= 0.6 is 0 Å². The first-order valence-corrected chi connectivity index (χ1v) is 12.8. The van der Waals surface area contributed by atoms with E-state index in [2.05, 4.69) is 10.2 Å². The van der Waals surface area contributed by atoms with Crippen LogP contribution in [0.15, 0.2) is 48.5 Å². The molecule has 2 atom stereocenters. The Hall–Kier alpha value is -2.86. The maximum Gasteiger partial charge on any atom is 0.265 e. The minimum atomic E-state index is -0.0578. The molecule has 0 aromatic heterocycles. The molecule has 2 amide bonds. The summed E-state index contributed by atoms with van der Waals surface area (Å²) < 4.78 is 5.54. The van der Waals surface area contributed by atoms with E-state index in [1.807, 2.05) is 48.5 Å². The first-order chi connectivity index (χ1) is 16.7. The van der Waals surface area contributed by atoms with Crippen molar-refractivity contribution in [3.05, 3.63) is 59.7 Å². The van der Waals surface area contributed by atoms with Crippen molar-refractivity contribution in [1.29, 1.82) is 0 Å². The number of amides is 2. The van der Waals surface area contributed by atoms with Crippen LogP contribution in [-0.2, 0) is 11.3 Å². The number of nitrogens with zero attached hydrogens (tertiary/aromatic N) is 2. The molecule has 0 radical (unpaired) electrons. The number of rotatable bonds is 6. The lowest BCUT2D eigenvalue weighted by atomic mass is 9.83. The van der Waals surface area contributed by atoms with Gasteiger partial charge >= 0.3 is 0 Å². The number of hydrogen-bond acceptors (Lipinski definition) is 4. The van der Waals surface area contributed by atoms with E-state index in [0.29, 0.717) is 18.0 Å². The highest BCUT2D eigenvalue weighted by molar-refractivity contribution is 5.98. The molecule has 3 aliphatic rings. The lowest BCUT2D eigenvalue weighted by Gasteiger charge is -2.37. The minimum Gasteiger partial charge on any atom is -0.482 e. The average Bonchev–Trinajstić information content (AvgIpc) is 2.88. The molecule has 6 heteroatoms. The molecule has 34 heavy (non-hydrogen) atoms. The SMILES string of the molecule is O=C(NC1CCCC[C@H]1CN1CCCCC1)c1ccc(CN2C(=O)COc3ccccc32)cc1. The molecular formula is C28H35N3O3. The molecule has 1 saturated heterocycles. The summed E-state index contributed by atoms with van der Waals surface area (Å²) in [6, 6.07) is 15.5. The fourth-order valence-electron chi connectivity index (χ4n) is 5.61. The second-order valence-corrected chi connectivity index (χ2v) is 9.92. The lowest BCUT2D eigenvalue weighted by molar-refractivity contribution is -0.121. The van der Waals surface area contributed by atoms with E-state index in [0.717, 1.165) is 30.0 Å². The van der Waals surface area contributed by atoms with Crippen molar-refractivity contribution in [3.63, 3.8) is 0 Å². The van der Waals surface area contributed by atoms with Gasteiger partial charge in [-0.25, -0.2) is 0 Å². The molecule has 2 heterocycles. The quantitative estimate of drug-likeness (QED) is 0.693. The smallest absolute Gasteiger partial charge is 0.265 e. The van der Waals surface area contributed by atoms with E-state index in [-0.39, 0.29) is 24.5 Å². The summed E-state index contributed by atoms with van der Waals surface area (Å²) in [5.74, 6) is 1.22. The number of carbonyl (C=O) groups excluding carboxylic acids is 2. The number of nitrogens with one attached hydrogen (secondary N) is 1. The number of benzene rings is 2. The number of likely N-dealkylation sites (tertiary alicyclic amines) is 1. The van der Waals surface area contributed by atoms with Crippen molar-refractivity contribution in [2.24, 2.45) is 5.92 Å². The fourth-order valence-corrected chi connectivity index (χ4v) is 5.61. The predicted molar refractivity (Wildman–Crippen MR) is 133 cm³/mol. The third-order valence-corrected chi connectivity index (χ3v) is 7.53. The number of piperidine rings is 1. The highest BCUT2D eigenvalue weighted by Crippen LogP contribution is 2.32. The molecule has 1 aliphatic carbocycles. The molecule has 2 fully saturated rings. The van der Waals surface area contributed by atoms with Gasteiger partial charge in [-0.2, -0.15) is 0 Å². The molecule has 6 nitrogen and oxygen atoms in total. The number of fused-ring (bicyclic) bond motifs is 1. The normalized spacial score (nSPS) is 23.2. The van der Waals surface area contributed by atoms with E-state index in [9.17, 15) is 9.59 Å². The third kappa shape index (κ3) is 5.27. The Morgan fingerprint density at radius 2 is 1.71 bits per heavy atom. The van der Waals surface area contributed by atoms with Crippen LogP contribution in [0.2, 0.25) is 0 Å². The van der Waals surface area contributed by atoms with Crippen LogP contribution < -0.4 is 15.0 Å². The average molecular weight is 462 g/mol. The summed E-state index contributed by atoms with van der Waals surface area (Å²) in [6.45, 7) is 4.03. The molecule has 180 valence electrons. The van der Waals surface area contributed by atoms with Gasteiger partial charge in [-0.05, 0) is 74.5 Å². The van der Waals surface area contributed by atoms with Gasteiger partial charge in [-0.1, -0.05) is 43.5 Å². The van der Waals surface area contributed by atoms with Crippen molar-refractivity contribution in [1.82, 2.24) is 10.2 Å². The molecular weight excluding hydrogens is 426 g/mol. The van der Waals surface area contributed by atoms with Crippen molar-refractivity contribution in [2.45, 2.75) is 57.5 Å². The Labute approximate surface area is 202 Å². The Morgan fingerprint density at radius 1 is 0.941 bits per heavy atom. The van der Waals surface area contributed by atoms with Gasteiger partial charge in [0.25, 0.3) is 11.8 Å². The predicted octanol–water partition coefficient (Wildman–Crippen LogP) is 4.39. The standard InChI is InChI=1S/C28H35N3O3/c32-27-20-34-26-11-5-4-10-25(26)31(27)18-21-12-14-22(15-13-21)28(33)29-24-9-3-2-8-23(24)19-30-16-6-1-7-17-30/h4-5,10-15,23-24H,1-3,6-9,16-20H2,(H,29,33)/t23-,24?/m0/s1. The summed E-state index contributed by atoms with van der Waals surface area (Å²) in [4.78, 5) is 29.9. The van der Waals surface area contributed by atoms with Crippen LogP contribution in [0, 0.1) is 5.92 Å². The Morgan fingerprint density at radius 3 is 2.53 bits per heavy atom. The van der Waals surface area contributed by atoms with Crippen molar-refractivity contribution in [3.8, 4) is 5.75 Å². The maximum atomic E-state index is 13.1. The van der Waals surface area contributed by atoms with Gasteiger partial charge in [0.15, 0.2) is 6.61 Å². The molecule has 5 rings (SSSR count). The third-order valence-electron chi connectivity index (χ3n) is 7.53. The second-order valence-electron chi connectivity index (χ2n) is 9.92. The number of ether oxygens (including phenoxy) is 1. The summed E-state index contributed by atoms with van der Waals surface area (Å²) in [5, 5.41) is 3.35.